The third-order valence-electron chi connectivity index (χ3n) is 15.5. The number of aromatic nitrogens is 2. The van der Waals surface area contributed by atoms with Crippen LogP contribution in [0, 0.1) is 0 Å². The quantitative estimate of drug-likeness (QED) is 0.0947. The van der Waals surface area contributed by atoms with E-state index in [2.05, 4.69) is 245 Å². The van der Waals surface area contributed by atoms with Crippen molar-refractivity contribution in [3.8, 4) is 33.6 Å². The molecule has 4 heterocycles. The first-order chi connectivity index (χ1) is 35.7. The molecule has 10 aromatic carbocycles. The van der Waals surface area contributed by atoms with Crippen LogP contribution in [0.25, 0.3) is 77.2 Å². The highest BCUT2D eigenvalue weighted by molar-refractivity contribution is 8.00. The zero-order valence-corrected chi connectivity index (χ0v) is 41.2. The van der Waals surface area contributed by atoms with Crippen LogP contribution in [-0.2, 0) is 6.42 Å². The highest BCUT2D eigenvalue weighted by atomic mass is 32.2. The molecule has 0 spiro atoms. The van der Waals surface area contributed by atoms with Crippen molar-refractivity contribution in [2.45, 2.75) is 55.2 Å². The van der Waals surface area contributed by atoms with Crippen LogP contribution in [0.5, 0.6) is 0 Å². The largest absolute Gasteiger partial charge is 0.310 e. The van der Waals surface area contributed by atoms with E-state index in [0.717, 1.165) is 12.1 Å². The smallest absolute Gasteiger partial charge is 0.249 e. The zero-order valence-electron chi connectivity index (χ0n) is 40.4. The van der Waals surface area contributed by atoms with Gasteiger partial charge in [-0.3, -0.25) is 0 Å². The minimum absolute atomic E-state index is 0.0135. The molecule has 12 aromatic rings. The summed E-state index contributed by atoms with van der Waals surface area (Å²) in [7, 11) is 0. The predicted molar refractivity (Wildman–Crippen MR) is 308 cm³/mol. The third kappa shape index (κ3) is 6.89. The van der Waals surface area contributed by atoms with Crippen LogP contribution in [-0.4, -0.2) is 15.8 Å². The molecule has 0 unspecified atom stereocenters. The van der Waals surface area contributed by atoms with Gasteiger partial charge in [0.15, 0.2) is 0 Å². The van der Waals surface area contributed by atoms with E-state index in [9.17, 15) is 0 Å². The summed E-state index contributed by atoms with van der Waals surface area (Å²) in [6.07, 6.45) is 7.26. The molecule has 0 aliphatic carbocycles. The van der Waals surface area contributed by atoms with Gasteiger partial charge in [-0.1, -0.05) is 214 Å². The van der Waals surface area contributed by atoms with Crippen LogP contribution < -0.4 is 21.3 Å². The summed E-state index contributed by atoms with van der Waals surface area (Å²) >= 11 is 1.97. The molecule has 5 heteroatoms. The molecule has 0 saturated carbocycles. The molecule has 2 aliphatic heterocycles. The van der Waals surface area contributed by atoms with Gasteiger partial charge in [-0.25, -0.2) is 0 Å². The Hall–Kier alpha value is -7.99. The van der Waals surface area contributed by atoms with Gasteiger partial charge in [0.25, 0.3) is 0 Å². The molecule has 14 rings (SSSR count). The van der Waals surface area contributed by atoms with Crippen molar-refractivity contribution in [2.75, 3.05) is 4.90 Å². The average molecular weight is 942 g/mol. The van der Waals surface area contributed by atoms with Gasteiger partial charge in [0.05, 0.1) is 27.8 Å². The number of anilines is 3. The number of unbranched alkanes of at least 4 members (excludes halogenated alkanes) is 4. The lowest BCUT2D eigenvalue weighted by Gasteiger charge is -2.42. The van der Waals surface area contributed by atoms with Gasteiger partial charge < -0.3 is 14.0 Å². The SMILES string of the molecule is CCCCCCCc1cc2c3c(c1)N(c1c(-c4ccccc4)cccc1-c1ccccc1)c1cc(-n4c5ccccc5c5ccccc54)ccc1B3c1ccc(-n3c4ccccc4c4ccccc43)cc1S2. The first-order valence-electron chi connectivity index (χ1n) is 25.9. The monoisotopic (exact) mass is 941 g/mol. The van der Waals surface area contributed by atoms with Gasteiger partial charge >= 0.3 is 0 Å². The highest BCUT2D eigenvalue weighted by Crippen LogP contribution is 2.50. The first kappa shape index (κ1) is 42.9. The van der Waals surface area contributed by atoms with Crippen LogP contribution in [0.2, 0.25) is 0 Å². The molecule has 0 N–H and O–H groups in total. The first-order valence-corrected chi connectivity index (χ1v) is 26.7. The number of benzene rings is 10. The molecule has 0 amide bonds. The molecule has 72 heavy (non-hydrogen) atoms. The van der Waals surface area contributed by atoms with Crippen LogP contribution in [0.1, 0.15) is 44.6 Å². The second-order valence-corrected chi connectivity index (χ2v) is 20.8. The second-order valence-electron chi connectivity index (χ2n) is 19.7. The minimum Gasteiger partial charge on any atom is -0.310 e. The fraction of sp³-hybridized carbons (Fsp3) is 0.104. The summed E-state index contributed by atoms with van der Waals surface area (Å²) in [6, 6.07) is 84.3. The Morgan fingerprint density at radius 3 is 1.46 bits per heavy atom. The van der Waals surface area contributed by atoms with Crippen molar-refractivity contribution >= 4 is 95.5 Å². The van der Waals surface area contributed by atoms with E-state index in [1.807, 2.05) is 11.8 Å². The molecular formula is C67H52BN3S. The number of rotatable bonds is 11. The summed E-state index contributed by atoms with van der Waals surface area (Å²) in [6.45, 7) is 2.32. The van der Waals surface area contributed by atoms with Gasteiger partial charge in [0, 0.05) is 65.2 Å². The van der Waals surface area contributed by atoms with Gasteiger partial charge in [-0.2, -0.15) is 0 Å². The van der Waals surface area contributed by atoms with Crippen LogP contribution >= 0.6 is 11.8 Å². The van der Waals surface area contributed by atoms with Crippen LogP contribution in [0.3, 0.4) is 0 Å². The van der Waals surface area contributed by atoms with Crippen molar-refractivity contribution in [3.63, 3.8) is 0 Å². The fourth-order valence-corrected chi connectivity index (χ4v) is 13.5. The summed E-state index contributed by atoms with van der Waals surface area (Å²) in [5, 5.41) is 5.09. The van der Waals surface area contributed by atoms with E-state index in [1.54, 1.807) is 0 Å². The van der Waals surface area contributed by atoms with Crippen LogP contribution in [0.15, 0.2) is 234 Å². The molecular weight excluding hydrogens is 890 g/mol. The van der Waals surface area contributed by atoms with E-state index < -0.39 is 0 Å². The maximum Gasteiger partial charge on any atom is 0.249 e. The topological polar surface area (TPSA) is 13.1 Å². The zero-order chi connectivity index (χ0) is 47.7. The number of hydrogen-bond acceptors (Lipinski definition) is 2. The Bertz CT molecular complexity index is 3890. The lowest BCUT2D eigenvalue weighted by molar-refractivity contribution is 0.632. The lowest BCUT2D eigenvalue weighted by atomic mass is 9.34. The number of fused-ring (bicyclic) bond motifs is 10. The summed E-state index contributed by atoms with van der Waals surface area (Å²) < 4.78 is 4.96. The van der Waals surface area contributed by atoms with E-state index in [1.165, 1.54) is 152 Å². The molecule has 0 saturated heterocycles. The highest BCUT2D eigenvalue weighted by Gasteiger charge is 2.42. The Morgan fingerprint density at radius 1 is 0.403 bits per heavy atom. The predicted octanol–water partition coefficient (Wildman–Crippen LogP) is 16.5. The standard InChI is InChI=1S/C67H52BN3S/c1-2-3-4-5-8-22-45-41-63-66-65(42-45)72-64-44-49(70-60-35-19-15-29-54(60)55-30-16-20-36-61(55)70)38-40-57(64)68(66)56-39-37-48(69-58-33-17-13-27-52(58)53-28-14-18-34-59(53)69)43-62(56)71(63)67-50(46-23-9-6-10-24-46)31-21-32-51(67)47-25-11-7-12-26-47/h6-7,9-21,23-44H,2-5,8,22H2,1H3. The molecule has 0 atom stereocenters. The van der Waals surface area contributed by atoms with Crippen molar-refractivity contribution in [1.82, 2.24) is 9.13 Å². The molecule has 2 aromatic heterocycles. The van der Waals surface area contributed by atoms with Gasteiger partial charge in [-0.05, 0) is 101 Å². The molecule has 0 fully saturated rings. The van der Waals surface area contributed by atoms with Gasteiger partial charge in [0.1, 0.15) is 0 Å². The maximum absolute atomic E-state index is 2.69. The van der Waals surface area contributed by atoms with Crippen LogP contribution in [0.4, 0.5) is 17.1 Å². The summed E-state index contributed by atoms with van der Waals surface area (Å²) in [5.74, 6) is 0. The third-order valence-corrected chi connectivity index (χ3v) is 16.6. The lowest BCUT2D eigenvalue weighted by Crippen LogP contribution is -2.60. The Kier molecular flexibility index (Phi) is 10.5. The molecule has 0 radical (unpaired) electrons. The van der Waals surface area contributed by atoms with E-state index in [-0.39, 0.29) is 6.71 Å². The van der Waals surface area contributed by atoms with Crippen molar-refractivity contribution in [2.24, 2.45) is 0 Å². The van der Waals surface area contributed by atoms with E-state index in [4.69, 9.17) is 0 Å². The average Bonchev–Trinajstić information content (AvgIpc) is 3.96. The van der Waals surface area contributed by atoms with E-state index >= 15 is 0 Å². The maximum atomic E-state index is 2.69. The Morgan fingerprint density at radius 2 is 0.903 bits per heavy atom. The number of nitrogens with zero attached hydrogens (tertiary/aromatic N) is 3. The normalized spacial score (nSPS) is 12.7. The summed E-state index contributed by atoms with van der Waals surface area (Å²) in [5.41, 5.74) is 21.2. The van der Waals surface area contributed by atoms with Gasteiger partial charge in [0.2, 0.25) is 6.71 Å². The van der Waals surface area contributed by atoms with Gasteiger partial charge in [-0.15, -0.1) is 0 Å². The van der Waals surface area contributed by atoms with Crippen molar-refractivity contribution in [3.05, 3.63) is 230 Å². The minimum atomic E-state index is 0.0135. The Labute approximate surface area is 426 Å². The van der Waals surface area contributed by atoms with E-state index in [0.29, 0.717) is 0 Å². The number of aryl methyl sites for hydroxylation is 1. The second kappa shape index (κ2) is 17.7. The molecule has 344 valence electrons. The van der Waals surface area contributed by atoms with Crippen molar-refractivity contribution < 1.29 is 0 Å². The van der Waals surface area contributed by atoms with Crippen molar-refractivity contribution in [1.29, 1.82) is 0 Å². The molecule has 3 nitrogen and oxygen atoms in total. The number of hydrogen-bond donors (Lipinski definition) is 0. The number of para-hydroxylation sites is 5. The molecule has 2 aliphatic rings. The fourth-order valence-electron chi connectivity index (χ4n) is 12.3. The summed E-state index contributed by atoms with van der Waals surface area (Å²) in [4.78, 5) is 5.36. The Balaban J connectivity index is 1.06. The molecule has 0 bridgehead atoms.